The summed E-state index contributed by atoms with van der Waals surface area (Å²) in [5, 5.41) is 0. The molecule has 0 radical (unpaired) electrons. The number of aldehydes is 1. The fourth-order valence-electron chi connectivity index (χ4n) is 3.03. The Morgan fingerprint density at radius 3 is 2.80 bits per heavy atom. The third-order valence-electron chi connectivity index (χ3n) is 3.79. The van der Waals surface area contributed by atoms with Crippen LogP contribution in [0.25, 0.3) is 0 Å². The van der Waals surface area contributed by atoms with Crippen molar-refractivity contribution in [2.45, 2.75) is 38.1 Å². The van der Waals surface area contributed by atoms with Gasteiger partial charge in [-0.3, -0.25) is 4.90 Å². The summed E-state index contributed by atoms with van der Waals surface area (Å²) in [4.78, 5) is 13.0. The summed E-state index contributed by atoms with van der Waals surface area (Å²) >= 11 is 0. The zero-order valence-electron chi connectivity index (χ0n) is 9.36. The molecule has 0 amide bonds. The zero-order chi connectivity index (χ0) is 10.5. The highest BCUT2D eigenvalue weighted by Crippen LogP contribution is 2.33. The van der Waals surface area contributed by atoms with Crippen LogP contribution < -0.4 is 0 Å². The Balaban J connectivity index is 1.85. The number of hydrogen-bond donors (Lipinski definition) is 0. The molecule has 0 bridgehead atoms. The van der Waals surface area contributed by atoms with Gasteiger partial charge in [-0.25, -0.2) is 0 Å². The maximum atomic E-state index is 10.4. The molecule has 2 atom stereocenters. The molecule has 1 aliphatic carbocycles. The predicted molar refractivity (Wildman–Crippen MR) is 58.8 cm³/mol. The minimum atomic E-state index is 0.730. The number of ether oxygens (including phenoxy) is 1. The minimum absolute atomic E-state index is 0.730. The van der Waals surface area contributed by atoms with E-state index in [-0.39, 0.29) is 0 Å². The molecule has 15 heavy (non-hydrogen) atoms. The largest absolute Gasteiger partial charge is 0.379 e. The fourth-order valence-corrected chi connectivity index (χ4v) is 3.03. The number of rotatable bonds is 4. The van der Waals surface area contributed by atoms with E-state index < -0.39 is 0 Å². The molecule has 0 aromatic rings. The third kappa shape index (κ3) is 2.79. The van der Waals surface area contributed by atoms with Gasteiger partial charge in [-0.1, -0.05) is 6.42 Å². The summed E-state index contributed by atoms with van der Waals surface area (Å²) in [5.41, 5.74) is 0. The lowest BCUT2D eigenvalue weighted by Gasteiger charge is -2.35. The first-order valence-corrected chi connectivity index (χ1v) is 6.17. The number of hydrogen-bond acceptors (Lipinski definition) is 3. The normalized spacial score (nSPS) is 33.1. The van der Waals surface area contributed by atoms with E-state index in [0.717, 1.165) is 57.4 Å². The van der Waals surface area contributed by atoms with E-state index in [1.54, 1.807) is 0 Å². The molecule has 2 rings (SSSR count). The lowest BCUT2D eigenvalue weighted by molar-refractivity contribution is -0.108. The van der Waals surface area contributed by atoms with Crippen LogP contribution in [0.3, 0.4) is 0 Å². The van der Waals surface area contributed by atoms with E-state index in [2.05, 4.69) is 4.90 Å². The Morgan fingerprint density at radius 2 is 2.07 bits per heavy atom. The van der Waals surface area contributed by atoms with Crippen molar-refractivity contribution >= 4 is 6.29 Å². The highest BCUT2D eigenvalue weighted by molar-refractivity contribution is 5.49. The Labute approximate surface area is 91.8 Å². The van der Waals surface area contributed by atoms with Crippen LogP contribution in [0.15, 0.2) is 0 Å². The van der Waals surface area contributed by atoms with Gasteiger partial charge in [-0.05, 0) is 25.2 Å². The molecule has 0 N–H and O–H groups in total. The van der Waals surface area contributed by atoms with Crippen molar-refractivity contribution in [3.63, 3.8) is 0 Å². The second-order valence-electron chi connectivity index (χ2n) is 4.65. The number of carbonyl (C=O) groups excluding carboxylic acids is 1. The lowest BCUT2D eigenvalue weighted by Crippen LogP contribution is -2.45. The summed E-state index contributed by atoms with van der Waals surface area (Å²) in [5.74, 6) is 0.758. The summed E-state index contributed by atoms with van der Waals surface area (Å²) < 4.78 is 5.38. The van der Waals surface area contributed by atoms with Gasteiger partial charge in [-0.15, -0.1) is 0 Å². The van der Waals surface area contributed by atoms with Crippen molar-refractivity contribution < 1.29 is 9.53 Å². The van der Waals surface area contributed by atoms with Gasteiger partial charge in [0.1, 0.15) is 6.29 Å². The molecular formula is C12H21NO2. The molecule has 2 unspecified atom stereocenters. The van der Waals surface area contributed by atoms with Gasteiger partial charge in [0.2, 0.25) is 0 Å². The summed E-state index contributed by atoms with van der Waals surface area (Å²) in [6.07, 6.45) is 6.87. The third-order valence-corrected chi connectivity index (χ3v) is 3.79. The Kier molecular flexibility index (Phi) is 4.15. The van der Waals surface area contributed by atoms with Gasteiger partial charge >= 0.3 is 0 Å². The molecule has 86 valence electrons. The average Bonchev–Trinajstić information content (AvgIpc) is 2.75. The van der Waals surface area contributed by atoms with Crippen LogP contribution in [-0.2, 0) is 9.53 Å². The minimum Gasteiger partial charge on any atom is -0.379 e. The molecule has 1 saturated heterocycles. The second kappa shape index (κ2) is 5.61. The van der Waals surface area contributed by atoms with E-state index in [1.807, 2.05) is 0 Å². The van der Waals surface area contributed by atoms with Gasteiger partial charge in [0.15, 0.2) is 0 Å². The van der Waals surface area contributed by atoms with Crippen LogP contribution in [-0.4, -0.2) is 43.5 Å². The van der Waals surface area contributed by atoms with Crippen LogP contribution in [0.2, 0.25) is 0 Å². The second-order valence-corrected chi connectivity index (χ2v) is 4.65. The van der Waals surface area contributed by atoms with E-state index in [4.69, 9.17) is 4.74 Å². The molecule has 0 aromatic heterocycles. The van der Waals surface area contributed by atoms with Crippen molar-refractivity contribution in [2.24, 2.45) is 5.92 Å². The molecule has 3 heteroatoms. The Morgan fingerprint density at radius 1 is 1.27 bits per heavy atom. The molecule has 2 fully saturated rings. The zero-order valence-corrected chi connectivity index (χ0v) is 9.36. The smallest absolute Gasteiger partial charge is 0.120 e. The quantitative estimate of drug-likeness (QED) is 0.659. The maximum Gasteiger partial charge on any atom is 0.120 e. The van der Waals surface area contributed by atoms with E-state index in [1.165, 1.54) is 19.3 Å². The first kappa shape index (κ1) is 11.1. The van der Waals surface area contributed by atoms with E-state index >= 15 is 0 Å². The van der Waals surface area contributed by atoms with Crippen LogP contribution in [0.1, 0.15) is 32.1 Å². The fraction of sp³-hybridized carbons (Fsp3) is 0.917. The van der Waals surface area contributed by atoms with Gasteiger partial charge < -0.3 is 9.53 Å². The van der Waals surface area contributed by atoms with Crippen molar-refractivity contribution in [3.8, 4) is 0 Å². The van der Waals surface area contributed by atoms with Gasteiger partial charge in [-0.2, -0.15) is 0 Å². The predicted octanol–water partition coefficient (Wildman–Crippen LogP) is 1.47. The summed E-state index contributed by atoms with van der Waals surface area (Å²) in [7, 11) is 0. The van der Waals surface area contributed by atoms with Crippen molar-refractivity contribution in [1.82, 2.24) is 4.90 Å². The van der Waals surface area contributed by atoms with E-state index in [0.29, 0.717) is 0 Å². The number of carbonyl (C=O) groups is 1. The number of nitrogens with zero attached hydrogens (tertiary/aromatic N) is 1. The highest BCUT2D eigenvalue weighted by Gasteiger charge is 2.32. The maximum absolute atomic E-state index is 10.4. The monoisotopic (exact) mass is 211 g/mol. The van der Waals surface area contributed by atoms with Crippen LogP contribution >= 0.6 is 0 Å². The molecule has 2 aliphatic rings. The Bertz CT molecular complexity index is 202. The molecule has 0 aromatic carbocycles. The first-order valence-electron chi connectivity index (χ1n) is 6.17. The number of morpholine rings is 1. The molecule has 1 saturated carbocycles. The molecule has 1 aliphatic heterocycles. The molecule has 3 nitrogen and oxygen atoms in total. The lowest BCUT2D eigenvalue weighted by atomic mass is 9.96. The Hall–Kier alpha value is -0.410. The highest BCUT2D eigenvalue weighted by atomic mass is 16.5. The van der Waals surface area contributed by atoms with Gasteiger partial charge in [0.25, 0.3) is 0 Å². The van der Waals surface area contributed by atoms with Crippen molar-refractivity contribution in [1.29, 1.82) is 0 Å². The standard InChI is InChI=1S/C12H21NO2/c14-8-2-4-11-3-1-5-12(11)13-6-9-15-10-7-13/h8,11-12H,1-7,9-10H2. The van der Waals surface area contributed by atoms with Crippen molar-refractivity contribution in [3.05, 3.63) is 0 Å². The average molecular weight is 211 g/mol. The van der Waals surface area contributed by atoms with Crippen molar-refractivity contribution in [2.75, 3.05) is 26.3 Å². The molecule has 1 heterocycles. The molecule has 0 spiro atoms. The molecular weight excluding hydrogens is 190 g/mol. The van der Waals surface area contributed by atoms with Gasteiger partial charge in [0, 0.05) is 25.6 Å². The summed E-state index contributed by atoms with van der Waals surface area (Å²) in [6, 6.07) is 0.730. The summed E-state index contributed by atoms with van der Waals surface area (Å²) in [6.45, 7) is 3.94. The first-order chi connectivity index (χ1) is 7.42. The van der Waals surface area contributed by atoms with Crippen LogP contribution in [0, 0.1) is 5.92 Å². The topological polar surface area (TPSA) is 29.5 Å². The SMILES string of the molecule is O=CCCC1CCCC1N1CCOCC1. The van der Waals surface area contributed by atoms with E-state index in [9.17, 15) is 4.79 Å². The van der Waals surface area contributed by atoms with Crippen LogP contribution in [0.4, 0.5) is 0 Å². The van der Waals surface area contributed by atoms with Gasteiger partial charge in [0.05, 0.1) is 13.2 Å². The van der Waals surface area contributed by atoms with Crippen LogP contribution in [0.5, 0.6) is 0 Å².